The molecule has 13 heavy (non-hydrogen) atoms. The van der Waals surface area contributed by atoms with Crippen molar-refractivity contribution in [2.75, 3.05) is 18.9 Å². The number of hydrogen-bond acceptors (Lipinski definition) is 1. The van der Waals surface area contributed by atoms with Crippen molar-refractivity contribution >= 4 is 15.9 Å². The standard InChI is InChI=1S/C11H24BrN/c1-5-7-11(8-12)9-13(4)10(3)6-2/h10-11H,5-9H2,1-4H3. The average Bonchev–Trinajstić information content (AvgIpc) is 2.15. The van der Waals surface area contributed by atoms with Crippen LogP contribution in [-0.2, 0) is 0 Å². The van der Waals surface area contributed by atoms with Gasteiger partial charge in [0.25, 0.3) is 0 Å². The fourth-order valence-electron chi connectivity index (χ4n) is 1.52. The summed E-state index contributed by atoms with van der Waals surface area (Å²) in [5.41, 5.74) is 0. The smallest absolute Gasteiger partial charge is 0.00718 e. The van der Waals surface area contributed by atoms with Gasteiger partial charge in [0.15, 0.2) is 0 Å². The highest BCUT2D eigenvalue weighted by molar-refractivity contribution is 9.09. The predicted molar refractivity (Wildman–Crippen MR) is 64.6 cm³/mol. The fraction of sp³-hybridized carbons (Fsp3) is 1.00. The first-order chi connectivity index (χ1) is 6.15. The second kappa shape index (κ2) is 7.81. The molecule has 2 atom stereocenters. The Morgan fingerprint density at radius 1 is 1.31 bits per heavy atom. The highest BCUT2D eigenvalue weighted by Gasteiger charge is 2.12. The van der Waals surface area contributed by atoms with Crippen LogP contribution in [0.15, 0.2) is 0 Å². The zero-order chi connectivity index (χ0) is 10.3. The molecule has 80 valence electrons. The van der Waals surface area contributed by atoms with Gasteiger partial charge in [-0.1, -0.05) is 36.2 Å². The van der Waals surface area contributed by atoms with Gasteiger partial charge in [-0.2, -0.15) is 0 Å². The monoisotopic (exact) mass is 249 g/mol. The summed E-state index contributed by atoms with van der Waals surface area (Å²) in [6.07, 6.45) is 3.88. The van der Waals surface area contributed by atoms with Gasteiger partial charge in [0.2, 0.25) is 0 Å². The molecule has 0 aromatic rings. The average molecular weight is 250 g/mol. The lowest BCUT2D eigenvalue weighted by Gasteiger charge is -2.27. The maximum Gasteiger partial charge on any atom is 0.00718 e. The van der Waals surface area contributed by atoms with E-state index in [1.807, 2.05) is 0 Å². The Labute approximate surface area is 92.0 Å². The molecule has 0 bridgehead atoms. The Kier molecular flexibility index (Phi) is 8.07. The van der Waals surface area contributed by atoms with E-state index >= 15 is 0 Å². The van der Waals surface area contributed by atoms with Gasteiger partial charge in [-0.05, 0) is 32.7 Å². The molecule has 0 aliphatic carbocycles. The first kappa shape index (κ1) is 13.4. The third kappa shape index (κ3) is 5.69. The summed E-state index contributed by atoms with van der Waals surface area (Å²) in [5, 5.41) is 1.14. The van der Waals surface area contributed by atoms with Gasteiger partial charge < -0.3 is 4.90 Å². The minimum Gasteiger partial charge on any atom is -0.303 e. The molecule has 0 aliphatic heterocycles. The molecule has 0 rings (SSSR count). The number of alkyl halides is 1. The summed E-state index contributed by atoms with van der Waals surface area (Å²) in [7, 11) is 2.24. The van der Waals surface area contributed by atoms with Crippen LogP contribution in [0, 0.1) is 5.92 Å². The zero-order valence-electron chi connectivity index (χ0n) is 9.52. The molecule has 0 amide bonds. The third-order valence-corrected chi connectivity index (χ3v) is 3.72. The predicted octanol–water partition coefficient (Wildman–Crippen LogP) is 3.53. The lowest BCUT2D eigenvalue weighted by Crippen LogP contribution is -2.33. The van der Waals surface area contributed by atoms with E-state index in [9.17, 15) is 0 Å². The molecular weight excluding hydrogens is 226 g/mol. The summed E-state index contributed by atoms with van der Waals surface area (Å²) in [5.74, 6) is 0.823. The number of halogens is 1. The molecule has 1 nitrogen and oxygen atoms in total. The fourth-order valence-corrected chi connectivity index (χ4v) is 2.05. The van der Waals surface area contributed by atoms with Crippen LogP contribution in [0.1, 0.15) is 40.0 Å². The molecule has 0 saturated heterocycles. The molecule has 0 fully saturated rings. The van der Waals surface area contributed by atoms with Crippen molar-refractivity contribution in [1.29, 1.82) is 0 Å². The highest BCUT2D eigenvalue weighted by Crippen LogP contribution is 2.13. The maximum atomic E-state index is 3.59. The molecule has 0 aromatic heterocycles. The summed E-state index contributed by atoms with van der Waals surface area (Å²) in [4.78, 5) is 2.47. The zero-order valence-corrected chi connectivity index (χ0v) is 11.1. The van der Waals surface area contributed by atoms with Crippen LogP contribution in [-0.4, -0.2) is 29.9 Å². The van der Waals surface area contributed by atoms with E-state index in [-0.39, 0.29) is 0 Å². The van der Waals surface area contributed by atoms with Crippen molar-refractivity contribution in [3.8, 4) is 0 Å². The highest BCUT2D eigenvalue weighted by atomic mass is 79.9. The topological polar surface area (TPSA) is 3.24 Å². The van der Waals surface area contributed by atoms with Crippen LogP contribution >= 0.6 is 15.9 Å². The molecule has 2 unspecified atom stereocenters. The van der Waals surface area contributed by atoms with E-state index in [1.54, 1.807) is 0 Å². The van der Waals surface area contributed by atoms with Crippen molar-refractivity contribution in [2.24, 2.45) is 5.92 Å². The van der Waals surface area contributed by atoms with Crippen LogP contribution in [0.25, 0.3) is 0 Å². The number of rotatable bonds is 7. The minimum absolute atomic E-state index is 0.721. The van der Waals surface area contributed by atoms with Crippen molar-refractivity contribution in [3.63, 3.8) is 0 Å². The van der Waals surface area contributed by atoms with Gasteiger partial charge in [-0.15, -0.1) is 0 Å². The lowest BCUT2D eigenvalue weighted by molar-refractivity contribution is 0.217. The minimum atomic E-state index is 0.721. The Balaban J connectivity index is 3.78. The molecule has 0 spiro atoms. The molecule has 0 saturated carbocycles. The molecule has 0 aliphatic rings. The molecular formula is C11H24BrN. The summed E-state index contributed by atoms with van der Waals surface area (Å²) in [6, 6.07) is 0.721. The van der Waals surface area contributed by atoms with Gasteiger partial charge >= 0.3 is 0 Å². The first-order valence-electron chi connectivity index (χ1n) is 5.41. The normalized spacial score (nSPS) is 16.2. The van der Waals surface area contributed by atoms with Gasteiger partial charge in [-0.3, -0.25) is 0 Å². The lowest BCUT2D eigenvalue weighted by atomic mass is 10.0. The van der Waals surface area contributed by atoms with Crippen LogP contribution in [0.5, 0.6) is 0 Å². The maximum absolute atomic E-state index is 3.59. The molecule has 0 aromatic carbocycles. The Hall–Kier alpha value is 0.440. The van der Waals surface area contributed by atoms with E-state index in [2.05, 4.69) is 48.6 Å². The van der Waals surface area contributed by atoms with Crippen LogP contribution in [0.2, 0.25) is 0 Å². The quantitative estimate of drug-likeness (QED) is 0.625. The summed E-state index contributed by atoms with van der Waals surface area (Å²) >= 11 is 3.59. The third-order valence-electron chi connectivity index (χ3n) is 2.80. The van der Waals surface area contributed by atoms with E-state index in [0.29, 0.717) is 0 Å². The number of hydrogen-bond donors (Lipinski definition) is 0. The van der Waals surface area contributed by atoms with Gasteiger partial charge in [0, 0.05) is 17.9 Å². The van der Waals surface area contributed by atoms with Crippen LogP contribution in [0.3, 0.4) is 0 Å². The molecule has 0 heterocycles. The van der Waals surface area contributed by atoms with Crippen LogP contribution in [0.4, 0.5) is 0 Å². The van der Waals surface area contributed by atoms with Crippen molar-refractivity contribution < 1.29 is 0 Å². The Bertz CT molecular complexity index is 117. The summed E-state index contributed by atoms with van der Waals surface area (Å²) < 4.78 is 0. The van der Waals surface area contributed by atoms with Gasteiger partial charge in [0.05, 0.1) is 0 Å². The van der Waals surface area contributed by atoms with E-state index in [4.69, 9.17) is 0 Å². The van der Waals surface area contributed by atoms with E-state index in [0.717, 1.165) is 17.3 Å². The van der Waals surface area contributed by atoms with Gasteiger partial charge in [0.1, 0.15) is 0 Å². The summed E-state index contributed by atoms with van der Waals surface area (Å²) in [6.45, 7) is 8.05. The van der Waals surface area contributed by atoms with Gasteiger partial charge in [-0.25, -0.2) is 0 Å². The molecule has 0 radical (unpaired) electrons. The molecule has 0 N–H and O–H groups in total. The SMILES string of the molecule is CCCC(CBr)CN(C)C(C)CC. The van der Waals surface area contributed by atoms with Crippen LogP contribution < -0.4 is 0 Å². The largest absolute Gasteiger partial charge is 0.303 e. The van der Waals surface area contributed by atoms with Crippen molar-refractivity contribution in [3.05, 3.63) is 0 Å². The molecule has 2 heteroatoms. The van der Waals surface area contributed by atoms with Crippen molar-refractivity contribution in [1.82, 2.24) is 4.90 Å². The van der Waals surface area contributed by atoms with Crippen molar-refractivity contribution in [2.45, 2.75) is 46.1 Å². The Morgan fingerprint density at radius 3 is 2.31 bits per heavy atom. The number of nitrogens with zero attached hydrogens (tertiary/aromatic N) is 1. The first-order valence-corrected chi connectivity index (χ1v) is 6.53. The second-order valence-electron chi connectivity index (χ2n) is 4.01. The van der Waals surface area contributed by atoms with E-state index < -0.39 is 0 Å². The van der Waals surface area contributed by atoms with E-state index in [1.165, 1.54) is 25.8 Å². The second-order valence-corrected chi connectivity index (χ2v) is 4.65. The Morgan fingerprint density at radius 2 is 1.92 bits per heavy atom.